The van der Waals surface area contributed by atoms with Crippen LogP contribution in [0.1, 0.15) is 46.3 Å². The summed E-state index contributed by atoms with van der Waals surface area (Å²) in [6, 6.07) is 9.31. The molecule has 2 heterocycles. The number of halogens is 1. The average molecular weight is 546 g/mol. The minimum atomic E-state index is -0.839. The lowest BCUT2D eigenvalue weighted by molar-refractivity contribution is -0.121. The molecule has 36 heavy (non-hydrogen) atoms. The Kier molecular flexibility index (Phi) is 5.87. The summed E-state index contributed by atoms with van der Waals surface area (Å²) in [5.74, 6) is -0.481. The largest absolute Gasteiger partial charge is 0.465 e. The summed E-state index contributed by atoms with van der Waals surface area (Å²) < 4.78 is 7.47. The molecule has 2 aromatic heterocycles. The van der Waals surface area contributed by atoms with Crippen molar-refractivity contribution in [3.63, 3.8) is 0 Å². The van der Waals surface area contributed by atoms with Crippen molar-refractivity contribution in [3.8, 4) is 17.5 Å². The number of allylic oxidation sites excluding steroid dienone is 2. The first-order valence-corrected chi connectivity index (χ1v) is 12.4. The lowest BCUT2D eigenvalue weighted by Crippen LogP contribution is -2.48. The fourth-order valence-electron chi connectivity index (χ4n) is 5.81. The van der Waals surface area contributed by atoms with Crippen LogP contribution in [-0.2, 0) is 28.4 Å². The number of rotatable bonds is 3. The van der Waals surface area contributed by atoms with Crippen molar-refractivity contribution in [2.45, 2.75) is 32.1 Å². The van der Waals surface area contributed by atoms with Crippen LogP contribution in [-0.4, -0.2) is 38.4 Å². The quantitative estimate of drug-likeness (QED) is 0.452. The number of carbonyl (C=O) groups excluding carboxylic acids is 2. The highest BCUT2D eigenvalue weighted by Gasteiger charge is 2.53. The van der Waals surface area contributed by atoms with Crippen LogP contribution < -0.4 is 0 Å². The number of methoxy groups -OCH3 is 1. The molecule has 0 fully saturated rings. The van der Waals surface area contributed by atoms with Gasteiger partial charge in [0.1, 0.15) is 22.2 Å². The van der Waals surface area contributed by atoms with Crippen molar-refractivity contribution >= 4 is 27.7 Å². The SMILES string of the molecule is COC(=O)c1ccc([C@]23C=C(C#N)C(=O)[C@@H](C)[C@@H]2CCc2c(-c4c(Br)ncn4C)nc(C)nc23)cc1. The highest BCUT2D eigenvalue weighted by molar-refractivity contribution is 9.10. The van der Waals surface area contributed by atoms with Crippen molar-refractivity contribution in [1.82, 2.24) is 19.5 Å². The number of benzene rings is 1. The summed E-state index contributed by atoms with van der Waals surface area (Å²) in [4.78, 5) is 39.4. The van der Waals surface area contributed by atoms with E-state index in [1.54, 1.807) is 24.5 Å². The number of ether oxygens (including phenoxy) is 1. The molecule has 2 aliphatic rings. The number of carbonyl (C=O) groups is 2. The molecule has 0 saturated carbocycles. The molecule has 2 aliphatic carbocycles. The molecule has 0 spiro atoms. The van der Waals surface area contributed by atoms with E-state index in [9.17, 15) is 14.9 Å². The maximum Gasteiger partial charge on any atom is 0.337 e. The Hall–Kier alpha value is -3.64. The van der Waals surface area contributed by atoms with E-state index in [2.05, 4.69) is 27.0 Å². The van der Waals surface area contributed by atoms with Crippen molar-refractivity contribution in [3.05, 3.63) is 75.1 Å². The van der Waals surface area contributed by atoms with E-state index in [0.29, 0.717) is 28.8 Å². The molecule has 5 rings (SSSR count). The van der Waals surface area contributed by atoms with E-state index in [0.717, 1.165) is 28.2 Å². The summed E-state index contributed by atoms with van der Waals surface area (Å²) in [6.45, 7) is 3.74. The topological polar surface area (TPSA) is 111 Å². The van der Waals surface area contributed by atoms with Gasteiger partial charge in [0.05, 0.1) is 41.4 Å². The molecule has 0 radical (unpaired) electrons. The molecule has 3 atom stereocenters. The van der Waals surface area contributed by atoms with Gasteiger partial charge in [0.15, 0.2) is 5.78 Å². The Balaban J connectivity index is 1.85. The second kappa shape index (κ2) is 8.79. The number of ketones is 1. The van der Waals surface area contributed by atoms with Crippen molar-refractivity contribution in [2.24, 2.45) is 18.9 Å². The maximum absolute atomic E-state index is 13.1. The monoisotopic (exact) mass is 545 g/mol. The van der Waals surface area contributed by atoms with Crippen LogP contribution in [0.15, 0.2) is 46.8 Å². The van der Waals surface area contributed by atoms with Gasteiger partial charge in [-0.2, -0.15) is 5.26 Å². The van der Waals surface area contributed by atoms with Gasteiger partial charge in [-0.3, -0.25) is 4.79 Å². The van der Waals surface area contributed by atoms with Crippen molar-refractivity contribution < 1.29 is 14.3 Å². The Morgan fingerprint density at radius 1 is 1.28 bits per heavy atom. The molecule has 0 amide bonds. The van der Waals surface area contributed by atoms with Crippen LogP contribution in [0, 0.1) is 30.1 Å². The van der Waals surface area contributed by atoms with Gasteiger partial charge in [0.2, 0.25) is 0 Å². The predicted octanol–water partition coefficient (Wildman–Crippen LogP) is 4.25. The maximum atomic E-state index is 13.1. The molecule has 182 valence electrons. The van der Waals surface area contributed by atoms with Gasteiger partial charge < -0.3 is 9.30 Å². The highest BCUT2D eigenvalue weighted by Crippen LogP contribution is 2.54. The molecule has 0 aliphatic heterocycles. The molecule has 0 bridgehead atoms. The fourth-order valence-corrected chi connectivity index (χ4v) is 6.37. The zero-order valence-corrected chi connectivity index (χ0v) is 22.0. The van der Waals surface area contributed by atoms with Crippen LogP contribution >= 0.6 is 15.9 Å². The van der Waals surface area contributed by atoms with Gasteiger partial charge in [0, 0.05) is 18.5 Å². The summed E-state index contributed by atoms with van der Waals surface area (Å²) in [7, 11) is 3.26. The summed E-state index contributed by atoms with van der Waals surface area (Å²) >= 11 is 3.56. The van der Waals surface area contributed by atoms with Crippen molar-refractivity contribution in [1.29, 1.82) is 5.26 Å². The first-order valence-electron chi connectivity index (χ1n) is 11.6. The first kappa shape index (κ1) is 24.1. The second-order valence-corrected chi connectivity index (χ2v) is 10.1. The summed E-state index contributed by atoms with van der Waals surface area (Å²) in [5, 5.41) is 9.91. The third-order valence-electron chi connectivity index (χ3n) is 7.48. The van der Waals surface area contributed by atoms with Crippen molar-refractivity contribution in [2.75, 3.05) is 7.11 Å². The van der Waals surface area contributed by atoms with Gasteiger partial charge in [-0.1, -0.05) is 19.1 Å². The second-order valence-electron chi connectivity index (χ2n) is 9.35. The fraction of sp³-hybridized carbons (Fsp3) is 0.333. The van der Waals surface area contributed by atoms with Gasteiger partial charge in [-0.15, -0.1) is 0 Å². The van der Waals surface area contributed by atoms with Gasteiger partial charge in [-0.05, 0) is 65.4 Å². The molecular formula is C27H24BrN5O3. The van der Waals surface area contributed by atoms with Gasteiger partial charge >= 0.3 is 5.97 Å². The van der Waals surface area contributed by atoms with E-state index in [4.69, 9.17) is 14.7 Å². The van der Waals surface area contributed by atoms with E-state index in [1.807, 2.05) is 37.6 Å². The first-order chi connectivity index (χ1) is 17.2. The third-order valence-corrected chi connectivity index (χ3v) is 8.06. The highest BCUT2D eigenvalue weighted by atomic mass is 79.9. The number of aromatic nitrogens is 4. The number of nitriles is 1. The Morgan fingerprint density at radius 3 is 2.61 bits per heavy atom. The lowest BCUT2D eigenvalue weighted by atomic mass is 9.54. The Labute approximate surface area is 217 Å². The van der Waals surface area contributed by atoms with Crippen LogP contribution in [0.25, 0.3) is 11.4 Å². The minimum Gasteiger partial charge on any atom is -0.465 e. The number of Topliss-reactive ketones (excluding diaryl/α,β-unsaturated/α-hetero) is 1. The molecule has 1 aromatic carbocycles. The number of nitrogens with zero attached hydrogens (tertiary/aromatic N) is 5. The number of hydrogen-bond donors (Lipinski definition) is 0. The molecule has 0 N–H and O–H groups in total. The van der Waals surface area contributed by atoms with Crippen LogP contribution in [0.3, 0.4) is 0 Å². The zero-order valence-electron chi connectivity index (χ0n) is 20.4. The smallest absolute Gasteiger partial charge is 0.337 e. The zero-order chi connectivity index (χ0) is 25.8. The molecular weight excluding hydrogens is 522 g/mol. The van der Waals surface area contributed by atoms with E-state index < -0.39 is 11.4 Å². The van der Waals surface area contributed by atoms with E-state index >= 15 is 0 Å². The molecule has 0 saturated heterocycles. The van der Waals surface area contributed by atoms with Crippen LogP contribution in [0.2, 0.25) is 0 Å². The summed E-state index contributed by atoms with van der Waals surface area (Å²) in [5.41, 5.74) is 3.95. The number of imidazole rings is 1. The third kappa shape index (κ3) is 3.43. The lowest BCUT2D eigenvalue weighted by Gasteiger charge is -2.48. The standard InChI is InChI=1S/C27H24BrN5O3/c1-14-20-10-9-19-21(22-25(28)30-13-33(22)3)31-15(2)32-24(19)27(20,11-17(12-29)23(14)34)18-7-5-16(6-8-18)26(35)36-4/h5-8,11,13-14,20H,9-10H2,1-4H3/t14-,20-,27+/m0/s1. The number of aryl methyl sites for hydroxylation is 2. The van der Waals surface area contributed by atoms with E-state index in [1.165, 1.54) is 7.11 Å². The van der Waals surface area contributed by atoms with E-state index in [-0.39, 0.29) is 23.2 Å². The number of hydrogen-bond acceptors (Lipinski definition) is 7. The Morgan fingerprint density at radius 2 is 2.00 bits per heavy atom. The normalized spacial score (nSPS) is 22.8. The van der Waals surface area contributed by atoms with Crippen LogP contribution in [0.4, 0.5) is 0 Å². The molecule has 8 nitrogen and oxygen atoms in total. The predicted molar refractivity (Wildman–Crippen MR) is 135 cm³/mol. The minimum absolute atomic E-state index is 0.115. The summed E-state index contributed by atoms with van der Waals surface area (Å²) in [6.07, 6.45) is 4.91. The average Bonchev–Trinajstić information content (AvgIpc) is 3.22. The Bertz CT molecular complexity index is 1460. The number of esters is 1. The molecule has 9 heteroatoms. The van der Waals surface area contributed by atoms with Crippen LogP contribution in [0.5, 0.6) is 0 Å². The molecule has 3 aromatic rings. The number of fused-ring (bicyclic) bond motifs is 3. The van der Waals surface area contributed by atoms with Gasteiger partial charge in [0.25, 0.3) is 0 Å². The van der Waals surface area contributed by atoms with Gasteiger partial charge in [-0.25, -0.2) is 19.7 Å². The molecule has 0 unspecified atom stereocenters.